The molecule has 0 spiro atoms. The molecule has 4 aromatic rings. The van der Waals surface area contributed by atoms with Crippen LogP contribution < -0.4 is 4.90 Å². The van der Waals surface area contributed by atoms with Crippen LogP contribution in [0, 0.1) is 26.6 Å². The molecule has 0 radical (unpaired) electrons. The number of ether oxygens (including phenoxy) is 1. The van der Waals surface area contributed by atoms with Crippen LogP contribution in [0.2, 0.25) is 0 Å². The molecule has 202 valence electrons. The summed E-state index contributed by atoms with van der Waals surface area (Å²) in [6, 6.07) is 10.8. The second kappa shape index (κ2) is 9.63. The number of aromatic nitrogens is 3. The molecule has 39 heavy (non-hydrogen) atoms. The van der Waals surface area contributed by atoms with Crippen LogP contribution in [-0.2, 0) is 14.3 Å². The number of hydrogen-bond donors (Lipinski definition) is 0. The number of hydrogen-bond acceptors (Lipinski definition) is 6. The molecule has 2 aliphatic rings. The van der Waals surface area contributed by atoms with Gasteiger partial charge >= 0.3 is 5.97 Å². The molecule has 0 bridgehead atoms. The molecule has 3 heterocycles. The Kier molecular flexibility index (Phi) is 6.24. The van der Waals surface area contributed by atoms with Gasteiger partial charge in [-0.15, -0.1) is 0 Å². The second-order valence-electron chi connectivity index (χ2n) is 10.7. The molecule has 1 aliphatic carbocycles. The smallest absolute Gasteiger partial charge is 0.302 e. The SMILES string of the molecule is CC(=O)O[C@@H]1CC[C@@H](n2c([C@@H]3CCC(=O)N3c3ccc(C)c(F)c3)nc3cc(-c4c(C)noc4C)ccc32)C1. The third-order valence-electron chi connectivity index (χ3n) is 8.04. The Morgan fingerprint density at radius 3 is 2.64 bits per heavy atom. The fourth-order valence-electron chi connectivity index (χ4n) is 6.26. The summed E-state index contributed by atoms with van der Waals surface area (Å²) in [4.78, 5) is 31.6. The van der Waals surface area contributed by atoms with E-state index in [4.69, 9.17) is 14.2 Å². The number of amides is 1. The molecule has 9 heteroatoms. The van der Waals surface area contributed by atoms with Crippen molar-refractivity contribution in [1.82, 2.24) is 14.7 Å². The van der Waals surface area contributed by atoms with Gasteiger partial charge in [0.05, 0.1) is 22.8 Å². The summed E-state index contributed by atoms with van der Waals surface area (Å²) < 4.78 is 27.7. The maximum Gasteiger partial charge on any atom is 0.302 e. The Labute approximate surface area is 225 Å². The van der Waals surface area contributed by atoms with E-state index in [1.165, 1.54) is 13.0 Å². The van der Waals surface area contributed by atoms with Crippen LogP contribution in [0.1, 0.15) is 74.0 Å². The lowest BCUT2D eigenvalue weighted by molar-refractivity contribution is -0.146. The fraction of sp³-hybridized carbons (Fsp3) is 0.400. The molecule has 8 nitrogen and oxygen atoms in total. The van der Waals surface area contributed by atoms with Crippen molar-refractivity contribution in [2.75, 3.05) is 4.90 Å². The van der Waals surface area contributed by atoms with E-state index >= 15 is 0 Å². The molecule has 6 rings (SSSR count). The first-order chi connectivity index (χ1) is 18.7. The minimum atomic E-state index is -0.345. The molecule has 2 aromatic heterocycles. The van der Waals surface area contributed by atoms with Crippen LogP contribution in [0.4, 0.5) is 10.1 Å². The Balaban J connectivity index is 1.48. The minimum Gasteiger partial charge on any atom is -0.462 e. The van der Waals surface area contributed by atoms with Gasteiger partial charge in [-0.05, 0) is 75.4 Å². The normalized spacial score (nSPS) is 21.3. The number of fused-ring (bicyclic) bond motifs is 1. The van der Waals surface area contributed by atoms with Gasteiger partial charge in [0.2, 0.25) is 5.91 Å². The zero-order valence-corrected chi connectivity index (χ0v) is 22.5. The number of anilines is 1. The number of esters is 1. The van der Waals surface area contributed by atoms with Gasteiger partial charge in [0.25, 0.3) is 0 Å². The Hall–Kier alpha value is -4.01. The molecule has 2 fully saturated rings. The average Bonchev–Trinajstić information content (AvgIpc) is 3.66. The van der Waals surface area contributed by atoms with E-state index in [1.807, 2.05) is 26.0 Å². The number of halogens is 1. The molecule has 1 amide bonds. The first-order valence-electron chi connectivity index (χ1n) is 13.4. The molecule has 1 saturated carbocycles. The van der Waals surface area contributed by atoms with Gasteiger partial charge in [0, 0.05) is 37.1 Å². The Morgan fingerprint density at radius 1 is 1.10 bits per heavy atom. The lowest BCUT2D eigenvalue weighted by Gasteiger charge is -2.27. The molecule has 0 N–H and O–H groups in total. The number of nitrogens with zero attached hydrogens (tertiary/aromatic N) is 4. The highest BCUT2D eigenvalue weighted by molar-refractivity contribution is 5.96. The summed E-state index contributed by atoms with van der Waals surface area (Å²) >= 11 is 0. The quantitative estimate of drug-likeness (QED) is 0.282. The van der Waals surface area contributed by atoms with Gasteiger partial charge < -0.3 is 18.7 Å². The lowest BCUT2D eigenvalue weighted by Crippen LogP contribution is -2.30. The second-order valence-corrected chi connectivity index (χ2v) is 10.7. The predicted molar refractivity (Wildman–Crippen MR) is 144 cm³/mol. The number of imidazole rings is 1. The molecule has 2 aromatic carbocycles. The summed E-state index contributed by atoms with van der Waals surface area (Å²) in [7, 11) is 0. The summed E-state index contributed by atoms with van der Waals surface area (Å²) in [5.74, 6) is 0.821. The maximum atomic E-state index is 14.6. The van der Waals surface area contributed by atoms with Gasteiger partial charge in [-0.3, -0.25) is 9.59 Å². The number of benzene rings is 2. The van der Waals surface area contributed by atoms with Gasteiger partial charge in [-0.25, -0.2) is 9.37 Å². The van der Waals surface area contributed by atoms with Crippen molar-refractivity contribution in [3.63, 3.8) is 0 Å². The summed E-state index contributed by atoms with van der Waals surface area (Å²) in [6.07, 6.45) is 3.03. The number of carbonyl (C=O) groups excluding carboxylic acids is 2. The van der Waals surface area contributed by atoms with Crippen molar-refractivity contribution in [1.29, 1.82) is 0 Å². The topological polar surface area (TPSA) is 90.5 Å². The van der Waals surface area contributed by atoms with E-state index < -0.39 is 0 Å². The van der Waals surface area contributed by atoms with Crippen LogP contribution in [0.3, 0.4) is 0 Å². The van der Waals surface area contributed by atoms with Gasteiger partial charge in [0.15, 0.2) is 0 Å². The molecule has 1 aliphatic heterocycles. The van der Waals surface area contributed by atoms with E-state index in [9.17, 15) is 14.0 Å². The highest BCUT2D eigenvalue weighted by atomic mass is 19.1. The van der Waals surface area contributed by atoms with E-state index in [-0.39, 0.29) is 35.9 Å². The Morgan fingerprint density at radius 2 is 1.92 bits per heavy atom. The summed E-state index contributed by atoms with van der Waals surface area (Å²) in [5.41, 5.74) is 5.51. The zero-order valence-electron chi connectivity index (χ0n) is 22.5. The van der Waals surface area contributed by atoms with Crippen molar-refractivity contribution in [3.05, 3.63) is 65.1 Å². The maximum absolute atomic E-state index is 14.6. The highest BCUT2D eigenvalue weighted by Crippen LogP contribution is 2.43. The minimum absolute atomic E-state index is 0.0478. The largest absolute Gasteiger partial charge is 0.462 e. The van der Waals surface area contributed by atoms with Crippen molar-refractivity contribution in [2.24, 2.45) is 0 Å². The highest BCUT2D eigenvalue weighted by Gasteiger charge is 2.39. The van der Waals surface area contributed by atoms with E-state index in [1.54, 1.807) is 24.0 Å². The van der Waals surface area contributed by atoms with Crippen molar-refractivity contribution >= 4 is 28.6 Å². The van der Waals surface area contributed by atoms with Gasteiger partial charge in [-0.2, -0.15) is 0 Å². The number of carbonyl (C=O) groups is 2. The third kappa shape index (κ3) is 4.39. The van der Waals surface area contributed by atoms with Gasteiger partial charge in [0.1, 0.15) is 23.5 Å². The monoisotopic (exact) mass is 530 g/mol. The Bertz CT molecular complexity index is 1590. The van der Waals surface area contributed by atoms with Crippen LogP contribution in [0.5, 0.6) is 0 Å². The molecule has 3 atom stereocenters. The van der Waals surface area contributed by atoms with Gasteiger partial charge in [-0.1, -0.05) is 17.3 Å². The number of aryl methyl sites for hydroxylation is 3. The van der Waals surface area contributed by atoms with Crippen molar-refractivity contribution < 1.29 is 23.2 Å². The van der Waals surface area contributed by atoms with Crippen LogP contribution in [0.25, 0.3) is 22.2 Å². The zero-order chi connectivity index (χ0) is 27.4. The standard InChI is InChI=1S/C30H31FN4O4/c1-16-5-7-22(15-24(16)31)34-27(11-12-28(34)37)30-32-25-13-20(29-17(2)33-39-18(29)3)6-10-26(25)35(30)21-8-9-23(14-21)38-19(4)36/h5-7,10,13,15,21,23,27H,8-9,11-12,14H2,1-4H3/t21-,23-,27+/m1/s1. The van der Waals surface area contributed by atoms with E-state index in [2.05, 4.69) is 15.8 Å². The number of rotatable bonds is 5. The summed E-state index contributed by atoms with van der Waals surface area (Å²) in [5, 5.41) is 4.10. The van der Waals surface area contributed by atoms with Crippen LogP contribution in [0.15, 0.2) is 40.9 Å². The first-order valence-corrected chi connectivity index (χ1v) is 13.4. The summed E-state index contributed by atoms with van der Waals surface area (Å²) in [6.45, 7) is 6.94. The molecular formula is C30H31FN4O4. The molecule has 1 saturated heterocycles. The molecule has 0 unspecified atom stereocenters. The van der Waals surface area contributed by atoms with Crippen LogP contribution >= 0.6 is 0 Å². The molecular weight excluding hydrogens is 499 g/mol. The van der Waals surface area contributed by atoms with Crippen molar-refractivity contribution in [3.8, 4) is 11.1 Å². The lowest BCUT2D eigenvalue weighted by atomic mass is 10.0. The van der Waals surface area contributed by atoms with E-state index in [0.29, 0.717) is 30.5 Å². The van der Waals surface area contributed by atoms with Crippen molar-refractivity contribution in [2.45, 2.75) is 78.0 Å². The first kappa shape index (κ1) is 25.3. The predicted octanol–water partition coefficient (Wildman–Crippen LogP) is 6.28. The van der Waals surface area contributed by atoms with Crippen LogP contribution in [-0.4, -0.2) is 32.7 Å². The fourth-order valence-corrected chi connectivity index (χ4v) is 6.26. The average molecular weight is 531 g/mol. The van der Waals surface area contributed by atoms with E-state index in [0.717, 1.165) is 52.3 Å². The third-order valence-corrected chi connectivity index (χ3v) is 8.04.